The zero-order valence-corrected chi connectivity index (χ0v) is 9.14. The lowest BCUT2D eigenvalue weighted by Gasteiger charge is -2.09. The van der Waals surface area contributed by atoms with E-state index in [1.54, 1.807) is 7.11 Å². The van der Waals surface area contributed by atoms with Crippen molar-refractivity contribution in [3.05, 3.63) is 0 Å². The Hall–Kier alpha value is -0.130. The summed E-state index contributed by atoms with van der Waals surface area (Å²) in [5, 5.41) is 0. The van der Waals surface area contributed by atoms with E-state index in [0.29, 0.717) is 13.0 Å². The van der Waals surface area contributed by atoms with Crippen molar-refractivity contribution in [2.45, 2.75) is 25.3 Å². The minimum atomic E-state index is -2.83. The second-order valence-corrected chi connectivity index (χ2v) is 5.57. The third-order valence-electron chi connectivity index (χ3n) is 1.78. The Labute approximate surface area is 80.4 Å². The van der Waals surface area contributed by atoms with Gasteiger partial charge in [0.05, 0.1) is 0 Å². The minimum absolute atomic E-state index is 0.0571. The summed E-state index contributed by atoms with van der Waals surface area (Å²) in [4.78, 5) is 0. The number of sulfone groups is 1. The summed E-state index contributed by atoms with van der Waals surface area (Å²) in [7, 11) is -1.20. The van der Waals surface area contributed by atoms with Gasteiger partial charge in [-0.25, -0.2) is 8.42 Å². The Morgan fingerprint density at radius 3 is 2.46 bits per heavy atom. The standard InChI is InChI=1S/C8H19NO3S/c1-12-6-5-8(9)4-3-7-13(2,10)11/h8H,3-7,9H2,1-2H3. The number of nitrogens with two attached hydrogens (primary N) is 1. The monoisotopic (exact) mass is 209 g/mol. The summed E-state index contributed by atoms with van der Waals surface area (Å²) in [5.41, 5.74) is 5.71. The molecule has 0 saturated carbocycles. The molecule has 2 N–H and O–H groups in total. The summed E-state index contributed by atoms with van der Waals surface area (Å²) in [6.07, 6.45) is 3.42. The van der Waals surface area contributed by atoms with E-state index in [2.05, 4.69) is 0 Å². The average Bonchev–Trinajstić information content (AvgIpc) is 1.98. The molecule has 0 spiro atoms. The summed E-state index contributed by atoms with van der Waals surface area (Å²) >= 11 is 0. The van der Waals surface area contributed by atoms with Gasteiger partial charge in [-0.3, -0.25) is 0 Å². The third-order valence-corrected chi connectivity index (χ3v) is 2.81. The van der Waals surface area contributed by atoms with E-state index < -0.39 is 9.84 Å². The quantitative estimate of drug-likeness (QED) is 0.649. The van der Waals surface area contributed by atoms with E-state index >= 15 is 0 Å². The van der Waals surface area contributed by atoms with Crippen LogP contribution in [0.15, 0.2) is 0 Å². The largest absolute Gasteiger partial charge is 0.385 e. The van der Waals surface area contributed by atoms with Crippen molar-refractivity contribution < 1.29 is 13.2 Å². The summed E-state index contributed by atoms with van der Waals surface area (Å²) in [6, 6.07) is 0.0571. The second kappa shape index (κ2) is 6.34. The van der Waals surface area contributed by atoms with Gasteiger partial charge in [-0.05, 0) is 19.3 Å². The van der Waals surface area contributed by atoms with E-state index in [9.17, 15) is 8.42 Å². The molecule has 13 heavy (non-hydrogen) atoms. The molecule has 0 saturated heterocycles. The van der Waals surface area contributed by atoms with Crippen LogP contribution in [-0.4, -0.2) is 40.2 Å². The molecular weight excluding hydrogens is 190 g/mol. The topological polar surface area (TPSA) is 69.4 Å². The Bertz CT molecular complexity index is 213. The fraction of sp³-hybridized carbons (Fsp3) is 1.00. The lowest BCUT2D eigenvalue weighted by molar-refractivity contribution is 0.186. The molecule has 0 bridgehead atoms. The average molecular weight is 209 g/mol. The first-order chi connectivity index (χ1) is 5.95. The van der Waals surface area contributed by atoms with Crippen LogP contribution in [0.1, 0.15) is 19.3 Å². The van der Waals surface area contributed by atoms with Crippen molar-refractivity contribution in [1.82, 2.24) is 0 Å². The first kappa shape index (κ1) is 12.9. The zero-order valence-electron chi connectivity index (χ0n) is 8.32. The maximum absolute atomic E-state index is 10.8. The molecule has 0 aromatic heterocycles. The predicted molar refractivity (Wildman–Crippen MR) is 53.4 cm³/mol. The Kier molecular flexibility index (Phi) is 6.28. The number of methoxy groups -OCH3 is 1. The molecule has 0 radical (unpaired) electrons. The highest BCUT2D eigenvalue weighted by Crippen LogP contribution is 2.01. The number of rotatable bonds is 7. The van der Waals surface area contributed by atoms with Gasteiger partial charge in [0.1, 0.15) is 9.84 Å². The molecule has 0 aliphatic heterocycles. The Morgan fingerprint density at radius 2 is 2.00 bits per heavy atom. The predicted octanol–water partition coefficient (Wildman–Crippen LogP) is 0.175. The number of hydrogen-bond acceptors (Lipinski definition) is 4. The minimum Gasteiger partial charge on any atom is -0.385 e. The van der Waals surface area contributed by atoms with E-state index in [0.717, 1.165) is 12.8 Å². The van der Waals surface area contributed by atoms with Gasteiger partial charge in [0, 0.05) is 31.8 Å². The maximum atomic E-state index is 10.8. The lowest BCUT2D eigenvalue weighted by Crippen LogP contribution is -2.22. The highest BCUT2D eigenvalue weighted by Gasteiger charge is 2.05. The number of hydrogen-bond donors (Lipinski definition) is 1. The van der Waals surface area contributed by atoms with Gasteiger partial charge < -0.3 is 10.5 Å². The van der Waals surface area contributed by atoms with Crippen molar-refractivity contribution in [2.75, 3.05) is 25.7 Å². The van der Waals surface area contributed by atoms with E-state index in [1.807, 2.05) is 0 Å². The van der Waals surface area contributed by atoms with Gasteiger partial charge in [-0.1, -0.05) is 0 Å². The molecule has 5 heteroatoms. The molecule has 0 fully saturated rings. The van der Waals surface area contributed by atoms with Gasteiger partial charge in [0.25, 0.3) is 0 Å². The van der Waals surface area contributed by atoms with Crippen LogP contribution in [0.4, 0.5) is 0 Å². The normalized spacial score (nSPS) is 14.4. The first-order valence-corrected chi connectivity index (χ1v) is 6.44. The van der Waals surface area contributed by atoms with Crippen molar-refractivity contribution in [2.24, 2.45) is 5.73 Å². The Morgan fingerprint density at radius 1 is 1.38 bits per heavy atom. The highest BCUT2D eigenvalue weighted by molar-refractivity contribution is 7.90. The van der Waals surface area contributed by atoms with E-state index in [-0.39, 0.29) is 11.8 Å². The van der Waals surface area contributed by atoms with Gasteiger partial charge in [-0.15, -0.1) is 0 Å². The van der Waals surface area contributed by atoms with Crippen molar-refractivity contribution in [3.63, 3.8) is 0 Å². The van der Waals surface area contributed by atoms with Crippen molar-refractivity contribution in [3.8, 4) is 0 Å². The van der Waals surface area contributed by atoms with Gasteiger partial charge >= 0.3 is 0 Å². The number of ether oxygens (including phenoxy) is 1. The molecule has 0 aromatic rings. The molecule has 4 nitrogen and oxygen atoms in total. The van der Waals surface area contributed by atoms with Crippen LogP contribution in [-0.2, 0) is 14.6 Å². The molecule has 0 aliphatic carbocycles. The van der Waals surface area contributed by atoms with Crippen LogP contribution in [0, 0.1) is 0 Å². The molecular formula is C8H19NO3S. The fourth-order valence-corrected chi connectivity index (χ4v) is 1.71. The summed E-state index contributed by atoms with van der Waals surface area (Å²) in [6.45, 7) is 0.639. The molecule has 1 atom stereocenters. The molecule has 0 rings (SSSR count). The van der Waals surface area contributed by atoms with Gasteiger partial charge in [-0.2, -0.15) is 0 Å². The highest BCUT2D eigenvalue weighted by atomic mass is 32.2. The van der Waals surface area contributed by atoms with Gasteiger partial charge in [0.15, 0.2) is 0 Å². The van der Waals surface area contributed by atoms with Crippen LogP contribution in [0.2, 0.25) is 0 Å². The third kappa shape index (κ3) is 9.79. The lowest BCUT2D eigenvalue weighted by atomic mass is 10.1. The molecule has 80 valence electrons. The SMILES string of the molecule is COCCC(N)CCCS(C)(=O)=O. The fourth-order valence-electron chi connectivity index (χ4n) is 1.02. The van der Waals surface area contributed by atoms with Crippen molar-refractivity contribution >= 4 is 9.84 Å². The molecule has 0 amide bonds. The van der Waals surface area contributed by atoms with Crippen LogP contribution in [0.3, 0.4) is 0 Å². The molecule has 0 heterocycles. The van der Waals surface area contributed by atoms with E-state index in [4.69, 9.17) is 10.5 Å². The molecule has 0 aromatic carbocycles. The summed E-state index contributed by atoms with van der Waals surface area (Å²) in [5.74, 6) is 0.230. The maximum Gasteiger partial charge on any atom is 0.147 e. The Balaban J connectivity index is 3.42. The van der Waals surface area contributed by atoms with Crippen LogP contribution < -0.4 is 5.73 Å². The summed E-state index contributed by atoms with van der Waals surface area (Å²) < 4.78 is 26.4. The zero-order chi connectivity index (χ0) is 10.3. The molecule has 0 aliphatic rings. The second-order valence-electron chi connectivity index (χ2n) is 3.31. The van der Waals surface area contributed by atoms with Crippen LogP contribution >= 0.6 is 0 Å². The van der Waals surface area contributed by atoms with Crippen LogP contribution in [0.5, 0.6) is 0 Å². The van der Waals surface area contributed by atoms with Crippen molar-refractivity contribution in [1.29, 1.82) is 0 Å². The van der Waals surface area contributed by atoms with Gasteiger partial charge in [0.2, 0.25) is 0 Å². The van der Waals surface area contributed by atoms with E-state index in [1.165, 1.54) is 6.26 Å². The molecule has 1 unspecified atom stereocenters. The van der Waals surface area contributed by atoms with Crippen LogP contribution in [0.25, 0.3) is 0 Å². The smallest absolute Gasteiger partial charge is 0.147 e. The first-order valence-electron chi connectivity index (χ1n) is 4.38.